The van der Waals surface area contributed by atoms with Crippen molar-refractivity contribution in [2.75, 3.05) is 38.3 Å². The molecule has 1 N–H and O–H groups in total. The minimum atomic E-state index is -3.45. The van der Waals surface area contributed by atoms with Gasteiger partial charge in [-0.1, -0.05) is 36.4 Å². The summed E-state index contributed by atoms with van der Waals surface area (Å²) in [6.07, 6.45) is 3.56. The first-order chi connectivity index (χ1) is 19.7. The number of nitrogens with zero attached hydrogens (tertiary/aromatic N) is 3. The van der Waals surface area contributed by atoms with Crippen molar-refractivity contribution in [1.82, 2.24) is 14.7 Å². The van der Waals surface area contributed by atoms with E-state index in [9.17, 15) is 13.2 Å². The zero-order chi connectivity index (χ0) is 29.0. The summed E-state index contributed by atoms with van der Waals surface area (Å²) in [5.41, 5.74) is 4.97. The number of aromatic nitrogens is 2. The summed E-state index contributed by atoms with van der Waals surface area (Å²) < 4.78 is 34.3. The third kappa shape index (κ3) is 6.86. The van der Waals surface area contributed by atoms with E-state index in [1.807, 2.05) is 79.1 Å². The number of fused-ring (bicyclic) bond motifs is 1. The lowest BCUT2D eigenvalue weighted by molar-refractivity contribution is -0.115. The number of aryl methyl sites for hydroxylation is 1. The highest BCUT2D eigenvalue weighted by atomic mass is 32.2. The Morgan fingerprint density at radius 1 is 1.07 bits per heavy atom. The average molecular weight is 575 g/mol. The molecule has 2 heterocycles. The molecule has 1 aromatic heterocycles. The molecule has 3 aromatic carbocycles. The third-order valence-electron chi connectivity index (χ3n) is 7.52. The number of ether oxygens (including phenoxy) is 1. The van der Waals surface area contributed by atoms with Gasteiger partial charge in [-0.2, -0.15) is 5.10 Å². The number of hydrogen-bond acceptors (Lipinski definition) is 6. The molecule has 1 fully saturated rings. The fourth-order valence-electron chi connectivity index (χ4n) is 5.28. The monoisotopic (exact) mass is 574 g/mol. The van der Waals surface area contributed by atoms with Gasteiger partial charge in [-0.3, -0.25) is 4.79 Å². The second kappa shape index (κ2) is 12.5. The second-order valence-corrected chi connectivity index (χ2v) is 13.1. The Kier molecular flexibility index (Phi) is 8.87. The lowest BCUT2D eigenvalue weighted by Crippen LogP contribution is -2.19. The largest absolute Gasteiger partial charge is 0.356 e. The first-order valence-corrected chi connectivity index (χ1v) is 15.8. The topological polar surface area (TPSA) is 93.5 Å². The van der Waals surface area contributed by atoms with E-state index in [0.717, 1.165) is 41.3 Å². The molecule has 5 rings (SSSR count). The number of hydrogen-bond donors (Lipinski definition) is 1. The van der Waals surface area contributed by atoms with E-state index in [0.29, 0.717) is 36.5 Å². The molecule has 0 spiro atoms. The van der Waals surface area contributed by atoms with Gasteiger partial charge < -0.3 is 15.0 Å². The van der Waals surface area contributed by atoms with E-state index in [2.05, 4.69) is 5.32 Å². The van der Waals surface area contributed by atoms with Crippen LogP contribution in [0.15, 0.2) is 71.6 Å². The van der Waals surface area contributed by atoms with Crippen molar-refractivity contribution in [3.63, 3.8) is 0 Å². The van der Waals surface area contributed by atoms with Crippen LogP contribution in [0.1, 0.15) is 43.0 Å². The number of anilines is 1. The van der Waals surface area contributed by atoms with Crippen LogP contribution in [-0.4, -0.2) is 62.0 Å². The number of carbonyl (C=O) groups excluding carboxylic acids is 1. The van der Waals surface area contributed by atoms with Gasteiger partial charge in [-0.05, 0) is 94.7 Å². The van der Waals surface area contributed by atoms with Crippen molar-refractivity contribution < 1.29 is 17.9 Å². The number of benzene rings is 3. The second-order valence-electron chi connectivity index (χ2n) is 11.0. The van der Waals surface area contributed by atoms with E-state index in [1.54, 1.807) is 18.2 Å². The summed E-state index contributed by atoms with van der Waals surface area (Å²) in [6.45, 7) is 3.38. The SMILES string of the molecule is Cc1ccccc1CC(=O)Nc1ccc2c(c1)c(-c1cccc(S(=O)(=O)CCCN(C)C)c1)nn2C1CCCCO1. The molecule has 216 valence electrons. The summed E-state index contributed by atoms with van der Waals surface area (Å²) in [7, 11) is 0.416. The molecule has 8 nitrogen and oxygen atoms in total. The minimum Gasteiger partial charge on any atom is -0.356 e. The Morgan fingerprint density at radius 2 is 1.90 bits per heavy atom. The molecule has 0 bridgehead atoms. The van der Waals surface area contributed by atoms with Crippen LogP contribution < -0.4 is 5.32 Å². The zero-order valence-corrected chi connectivity index (χ0v) is 24.8. The van der Waals surface area contributed by atoms with E-state index >= 15 is 0 Å². The molecule has 4 aromatic rings. The van der Waals surface area contributed by atoms with Crippen molar-refractivity contribution in [3.8, 4) is 11.3 Å². The summed E-state index contributed by atoms with van der Waals surface area (Å²) in [5.74, 6) is -0.0226. The van der Waals surface area contributed by atoms with Crippen LogP contribution in [0.4, 0.5) is 5.69 Å². The molecule has 0 saturated carbocycles. The van der Waals surface area contributed by atoms with Gasteiger partial charge in [0.05, 0.1) is 22.6 Å². The molecule has 0 aliphatic carbocycles. The lowest BCUT2D eigenvalue weighted by Gasteiger charge is -2.23. The summed E-state index contributed by atoms with van der Waals surface area (Å²) in [6, 6.07) is 20.6. The number of carbonyl (C=O) groups is 1. The Balaban J connectivity index is 1.50. The van der Waals surface area contributed by atoms with Gasteiger partial charge in [0.15, 0.2) is 16.1 Å². The molecular formula is C32H38N4O4S. The number of sulfone groups is 1. The number of rotatable bonds is 10. The molecule has 41 heavy (non-hydrogen) atoms. The fourth-order valence-corrected chi connectivity index (χ4v) is 6.62. The molecule has 9 heteroatoms. The third-order valence-corrected chi connectivity index (χ3v) is 9.31. The van der Waals surface area contributed by atoms with E-state index in [1.165, 1.54) is 0 Å². The van der Waals surface area contributed by atoms with Crippen LogP contribution in [0, 0.1) is 6.92 Å². The lowest BCUT2D eigenvalue weighted by atomic mass is 10.1. The Morgan fingerprint density at radius 3 is 2.66 bits per heavy atom. The van der Waals surface area contributed by atoms with E-state index in [4.69, 9.17) is 9.84 Å². The van der Waals surface area contributed by atoms with Crippen molar-refractivity contribution in [1.29, 1.82) is 0 Å². The maximum atomic E-state index is 13.2. The minimum absolute atomic E-state index is 0.0802. The predicted molar refractivity (Wildman–Crippen MR) is 163 cm³/mol. The summed E-state index contributed by atoms with van der Waals surface area (Å²) >= 11 is 0. The van der Waals surface area contributed by atoms with Gasteiger partial charge >= 0.3 is 0 Å². The standard InChI is InChI=1S/C32H38N4O4S/c1-23-10-4-5-11-24(23)21-30(37)33-26-15-16-29-28(22-26)32(34-36(29)31-14-6-7-18-40-31)25-12-8-13-27(20-25)41(38,39)19-9-17-35(2)3/h4-5,8,10-13,15-16,20,22,31H,6-7,9,14,17-19,21H2,1-3H3,(H,33,37). The maximum absolute atomic E-state index is 13.2. The highest BCUT2D eigenvalue weighted by Gasteiger charge is 2.23. The van der Waals surface area contributed by atoms with E-state index in [-0.39, 0.29) is 29.2 Å². The Hall–Kier alpha value is -3.53. The molecule has 1 saturated heterocycles. The van der Waals surface area contributed by atoms with Gasteiger partial charge in [-0.25, -0.2) is 13.1 Å². The average Bonchev–Trinajstić information content (AvgIpc) is 3.33. The predicted octanol–water partition coefficient (Wildman–Crippen LogP) is 5.62. The van der Waals surface area contributed by atoms with Crippen LogP contribution in [0.3, 0.4) is 0 Å². The first kappa shape index (κ1) is 29.0. The summed E-state index contributed by atoms with van der Waals surface area (Å²) in [4.78, 5) is 15.2. The van der Waals surface area contributed by atoms with Gasteiger partial charge in [-0.15, -0.1) is 0 Å². The first-order valence-electron chi connectivity index (χ1n) is 14.2. The normalized spacial score (nSPS) is 15.9. The molecular weight excluding hydrogens is 536 g/mol. The van der Waals surface area contributed by atoms with Crippen LogP contribution in [-0.2, 0) is 25.8 Å². The number of nitrogens with one attached hydrogen (secondary N) is 1. The van der Waals surface area contributed by atoms with Gasteiger partial charge in [0.25, 0.3) is 0 Å². The van der Waals surface area contributed by atoms with Crippen LogP contribution >= 0.6 is 0 Å². The highest BCUT2D eigenvalue weighted by molar-refractivity contribution is 7.91. The van der Waals surface area contributed by atoms with Crippen LogP contribution in [0.5, 0.6) is 0 Å². The molecule has 1 unspecified atom stereocenters. The van der Waals surface area contributed by atoms with E-state index < -0.39 is 9.84 Å². The van der Waals surface area contributed by atoms with Crippen molar-refractivity contribution in [2.24, 2.45) is 0 Å². The van der Waals surface area contributed by atoms with Crippen molar-refractivity contribution in [3.05, 3.63) is 77.9 Å². The molecule has 1 amide bonds. The molecule has 1 atom stereocenters. The zero-order valence-electron chi connectivity index (χ0n) is 24.0. The molecule has 1 aliphatic heterocycles. The smallest absolute Gasteiger partial charge is 0.228 e. The van der Waals surface area contributed by atoms with Crippen molar-refractivity contribution in [2.45, 2.75) is 50.2 Å². The molecule has 0 radical (unpaired) electrons. The maximum Gasteiger partial charge on any atom is 0.228 e. The Labute approximate surface area is 242 Å². The van der Waals surface area contributed by atoms with Gasteiger partial charge in [0.2, 0.25) is 5.91 Å². The highest BCUT2D eigenvalue weighted by Crippen LogP contribution is 2.35. The van der Waals surface area contributed by atoms with Crippen LogP contribution in [0.25, 0.3) is 22.2 Å². The van der Waals surface area contributed by atoms with Crippen LogP contribution in [0.2, 0.25) is 0 Å². The number of amides is 1. The van der Waals surface area contributed by atoms with Gasteiger partial charge in [0, 0.05) is 23.2 Å². The summed E-state index contributed by atoms with van der Waals surface area (Å²) in [5, 5.41) is 8.84. The fraction of sp³-hybridized carbons (Fsp3) is 0.375. The Bertz CT molecular complexity index is 1640. The van der Waals surface area contributed by atoms with Crippen molar-refractivity contribution >= 4 is 32.3 Å². The quantitative estimate of drug-likeness (QED) is 0.264. The molecule has 1 aliphatic rings. The van der Waals surface area contributed by atoms with Gasteiger partial charge in [0.1, 0.15) is 5.69 Å².